The highest BCUT2D eigenvalue weighted by atomic mass is 16.5. The molecule has 2 nitrogen and oxygen atoms in total. The molecule has 1 aromatic rings. The molecule has 0 heterocycles. The summed E-state index contributed by atoms with van der Waals surface area (Å²) in [6.45, 7) is 7.86. The minimum atomic E-state index is -0.333. The first kappa shape index (κ1) is 12.1. The van der Waals surface area contributed by atoms with Crippen molar-refractivity contribution in [2.45, 2.75) is 46.3 Å². The van der Waals surface area contributed by atoms with Gasteiger partial charge in [0.05, 0.1) is 12.2 Å². The molecule has 0 aliphatic carbocycles. The average molecular weight is 208 g/mol. The highest BCUT2D eigenvalue weighted by Crippen LogP contribution is 2.24. The maximum absolute atomic E-state index is 9.43. The van der Waals surface area contributed by atoms with E-state index in [0.29, 0.717) is 6.42 Å². The molecule has 1 atom stereocenters. The fourth-order valence-electron chi connectivity index (χ4n) is 1.60. The first-order valence-electron chi connectivity index (χ1n) is 5.44. The zero-order valence-electron chi connectivity index (χ0n) is 9.95. The molecule has 0 aromatic heterocycles. The van der Waals surface area contributed by atoms with Crippen LogP contribution < -0.4 is 4.74 Å². The molecule has 1 unspecified atom stereocenters. The van der Waals surface area contributed by atoms with Gasteiger partial charge >= 0.3 is 0 Å². The van der Waals surface area contributed by atoms with Crippen LogP contribution in [0.15, 0.2) is 18.2 Å². The molecule has 0 saturated heterocycles. The van der Waals surface area contributed by atoms with Crippen LogP contribution in [0.25, 0.3) is 0 Å². The van der Waals surface area contributed by atoms with Gasteiger partial charge in [0.15, 0.2) is 0 Å². The number of aliphatic hydroxyl groups excluding tert-OH is 1. The Labute approximate surface area is 91.9 Å². The van der Waals surface area contributed by atoms with Crippen molar-refractivity contribution in [1.29, 1.82) is 0 Å². The first-order chi connectivity index (χ1) is 7.00. The van der Waals surface area contributed by atoms with E-state index in [0.717, 1.165) is 11.3 Å². The van der Waals surface area contributed by atoms with E-state index in [1.807, 2.05) is 39.0 Å². The molecule has 1 rings (SSSR count). The van der Waals surface area contributed by atoms with Gasteiger partial charge in [-0.15, -0.1) is 0 Å². The zero-order valence-corrected chi connectivity index (χ0v) is 9.95. The predicted octanol–water partition coefficient (Wildman–Crippen LogP) is 2.71. The van der Waals surface area contributed by atoms with Crippen LogP contribution in [-0.2, 0) is 6.42 Å². The largest absolute Gasteiger partial charge is 0.491 e. The summed E-state index contributed by atoms with van der Waals surface area (Å²) in [5.74, 6) is 0.894. The molecule has 0 radical (unpaired) electrons. The van der Waals surface area contributed by atoms with Gasteiger partial charge in [0.1, 0.15) is 5.75 Å². The number of aryl methyl sites for hydroxylation is 1. The number of hydrogen-bond acceptors (Lipinski definition) is 2. The van der Waals surface area contributed by atoms with Crippen molar-refractivity contribution in [1.82, 2.24) is 0 Å². The first-order valence-corrected chi connectivity index (χ1v) is 5.44. The van der Waals surface area contributed by atoms with Gasteiger partial charge in [-0.2, -0.15) is 0 Å². The van der Waals surface area contributed by atoms with Crippen LogP contribution in [0.4, 0.5) is 0 Å². The second-order valence-electron chi connectivity index (χ2n) is 4.27. The van der Waals surface area contributed by atoms with Gasteiger partial charge < -0.3 is 9.84 Å². The smallest absolute Gasteiger partial charge is 0.123 e. The molecule has 0 fully saturated rings. The lowest BCUT2D eigenvalue weighted by atomic mass is 10.0. The second kappa shape index (κ2) is 5.17. The third-order valence-corrected chi connectivity index (χ3v) is 2.23. The Hall–Kier alpha value is -1.02. The molecular formula is C13H20O2. The van der Waals surface area contributed by atoms with E-state index in [1.54, 1.807) is 6.92 Å². The Balaban J connectivity index is 2.97. The van der Waals surface area contributed by atoms with Gasteiger partial charge in [-0.05, 0) is 44.9 Å². The maximum Gasteiger partial charge on any atom is 0.123 e. The van der Waals surface area contributed by atoms with Gasteiger partial charge in [0.25, 0.3) is 0 Å². The lowest BCUT2D eigenvalue weighted by molar-refractivity contribution is 0.190. The average Bonchev–Trinajstić information content (AvgIpc) is 2.09. The van der Waals surface area contributed by atoms with E-state index in [1.165, 1.54) is 5.56 Å². The topological polar surface area (TPSA) is 29.5 Å². The number of benzene rings is 1. The Morgan fingerprint density at radius 2 is 1.93 bits per heavy atom. The summed E-state index contributed by atoms with van der Waals surface area (Å²) < 4.78 is 5.72. The van der Waals surface area contributed by atoms with Crippen LogP contribution in [-0.4, -0.2) is 17.3 Å². The van der Waals surface area contributed by atoms with E-state index in [9.17, 15) is 5.11 Å². The van der Waals surface area contributed by atoms with Gasteiger partial charge in [0.2, 0.25) is 0 Å². The summed E-state index contributed by atoms with van der Waals surface area (Å²) in [4.78, 5) is 0. The Morgan fingerprint density at radius 1 is 1.27 bits per heavy atom. The van der Waals surface area contributed by atoms with E-state index < -0.39 is 0 Å². The number of aliphatic hydroxyl groups is 1. The standard InChI is InChI=1S/C13H20O2/c1-9(2)15-13-7-5-6-10(3)12(13)8-11(4)14/h5-7,9,11,14H,8H2,1-4H3. The lowest BCUT2D eigenvalue weighted by Crippen LogP contribution is -2.11. The number of ether oxygens (including phenoxy) is 1. The Morgan fingerprint density at radius 3 is 2.47 bits per heavy atom. The van der Waals surface area contributed by atoms with Crippen LogP contribution in [0.3, 0.4) is 0 Å². The molecular weight excluding hydrogens is 188 g/mol. The quantitative estimate of drug-likeness (QED) is 0.824. The number of rotatable bonds is 4. The molecule has 0 spiro atoms. The van der Waals surface area contributed by atoms with Crippen molar-refractivity contribution >= 4 is 0 Å². The van der Waals surface area contributed by atoms with Gasteiger partial charge in [-0.25, -0.2) is 0 Å². The van der Waals surface area contributed by atoms with Crippen LogP contribution in [0.2, 0.25) is 0 Å². The highest BCUT2D eigenvalue weighted by Gasteiger charge is 2.10. The Kier molecular flexibility index (Phi) is 4.15. The maximum atomic E-state index is 9.43. The molecule has 1 aromatic carbocycles. The van der Waals surface area contributed by atoms with Gasteiger partial charge in [-0.1, -0.05) is 12.1 Å². The number of hydrogen-bond donors (Lipinski definition) is 1. The van der Waals surface area contributed by atoms with Crippen molar-refractivity contribution in [3.05, 3.63) is 29.3 Å². The molecule has 0 bridgehead atoms. The van der Waals surface area contributed by atoms with Crippen molar-refractivity contribution in [2.24, 2.45) is 0 Å². The van der Waals surface area contributed by atoms with Crippen molar-refractivity contribution < 1.29 is 9.84 Å². The van der Waals surface area contributed by atoms with Gasteiger partial charge in [0, 0.05) is 6.42 Å². The summed E-state index contributed by atoms with van der Waals surface area (Å²) >= 11 is 0. The van der Waals surface area contributed by atoms with Gasteiger partial charge in [-0.3, -0.25) is 0 Å². The SMILES string of the molecule is Cc1cccc(OC(C)C)c1CC(C)O. The summed E-state index contributed by atoms with van der Waals surface area (Å²) in [6, 6.07) is 5.99. The third kappa shape index (κ3) is 3.56. The molecule has 0 aliphatic rings. The lowest BCUT2D eigenvalue weighted by Gasteiger charge is -2.17. The molecule has 0 aliphatic heterocycles. The van der Waals surface area contributed by atoms with Crippen LogP contribution in [0.1, 0.15) is 31.9 Å². The second-order valence-corrected chi connectivity index (χ2v) is 4.27. The van der Waals surface area contributed by atoms with Crippen molar-refractivity contribution in [2.75, 3.05) is 0 Å². The third-order valence-electron chi connectivity index (χ3n) is 2.23. The highest BCUT2D eigenvalue weighted by molar-refractivity contribution is 5.40. The monoisotopic (exact) mass is 208 g/mol. The summed E-state index contributed by atoms with van der Waals surface area (Å²) in [7, 11) is 0. The predicted molar refractivity (Wildman–Crippen MR) is 62.3 cm³/mol. The van der Waals surface area contributed by atoms with Crippen LogP contribution in [0.5, 0.6) is 5.75 Å². The van der Waals surface area contributed by atoms with E-state index in [-0.39, 0.29) is 12.2 Å². The summed E-state index contributed by atoms with van der Waals surface area (Å²) in [6.07, 6.45) is 0.481. The van der Waals surface area contributed by atoms with E-state index in [2.05, 4.69) is 0 Å². The van der Waals surface area contributed by atoms with Crippen LogP contribution >= 0.6 is 0 Å². The summed E-state index contributed by atoms with van der Waals surface area (Å²) in [5, 5.41) is 9.43. The van der Waals surface area contributed by atoms with Crippen LogP contribution in [0, 0.1) is 6.92 Å². The van der Waals surface area contributed by atoms with E-state index in [4.69, 9.17) is 4.74 Å². The van der Waals surface area contributed by atoms with Crippen molar-refractivity contribution in [3.63, 3.8) is 0 Å². The molecule has 15 heavy (non-hydrogen) atoms. The molecule has 0 amide bonds. The molecule has 0 saturated carbocycles. The molecule has 84 valence electrons. The minimum absolute atomic E-state index is 0.166. The normalized spacial score (nSPS) is 12.9. The van der Waals surface area contributed by atoms with Crippen molar-refractivity contribution in [3.8, 4) is 5.75 Å². The molecule has 1 N–H and O–H groups in total. The zero-order chi connectivity index (χ0) is 11.4. The fourth-order valence-corrected chi connectivity index (χ4v) is 1.60. The molecule has 2 heteroatoms. The van der Waals surface area contributed by atoms with E-state index >= 15 is 0 Å². The Bertz CT molecular complexity index is 316. The summed E-state index contributed by atoms with van der Waals surface area (Å²) in [5.41, 5.74) is 2.29. The minimum Gasteiger partial charge on any atom is -0.491 e. The fraction of sp³-hybridized carbons (Fsp3) is 0.538.